The van der Waals surface area contributed by atoms with Gasteiger partial charge in [0, 0.05) is 24.6 Å². The Morgan fingerprint density at radius 1 is 1.15 bits per heavy atom. The summed E-state index contributed by atoms with van der Waals surface area (Å²) in [4.78, 5) is 0. The van der Waals surface area contributed by atoms with E-state index < -0.39 is 0 Å². The molecule has 2 fully saturated rings. The van der Waals surface area contributed by atoms with Crippen molar-refractivity contribution in [3.05, 3.63) is 35.9 Å². The van der Waals surface area contributed by atoms with Crippen LogP contribution < -0.4 is 5.32 Å². The zero-order valence-corrected chi connectivity index (χ0v) is 12.6. The van der Waals surface area contributed by atoms with Crippen molar-refractivity contribution in [2.24, 2.45) is 5.41 Å². The Labute approximate surface area is 122 Å². The van der Waals surface area contributed by atoms with Crippen LogP contribution in [0, 0.1) is 5.41 Å². The summed E-state index contributed by atoms with van der Waals surface area (Å²) in [5.41, 5.74) is 1.82. The molecule has 2 unspecified atom stereocenters. The van der Waals surface area contributed by atoms with E-state index in [1.54, 1.807) is 0 Å². The number of hydrogen-bond donors (Lipinski definition) is 1. The van der Waals surface area contributed by atoms with Crippen molar-refractivity contribution in [3.8, 4) is 0 Å². The number of ether oxygens (including phenoxy) is 1. The van der Waals surface area contributed by atoms with E-state index in [0.717, 1.165) is 13.2 Å². The summed E-state index contributed by atoms with van der Waals surface area (Å²) >= 11 is 0. The topological polar surface area (TPSA) is 21.3 Å². The van der Waals surface area contributed by atoms with E-state index in [-0.39, 0.29) is 0 Å². The molecular weight excluding hydrogens is 246 g/mol. The highest BCUT2D eigenvalue weighted by molar-refractivity contribution is 5.16. The first kappa shape index (κ1) is 14.1. The van der Waals surface area contributed by atoms with Crippen molar-refractivity contribution < 1.29 is 4.74 Å². The van der Waals surface area contributed by atoms with Crippen LogP contribution in [-0.4, -0.2) is 18.8 Å². The molecule has 0 aliphatic heterocycles. The Kier molecular flexibility index (Phi) is 4.42. The molecule has 3 rings (SSSR count). The number of hydrogen-bond acceptors (Lipinski definition) is 2. The normalized spacial score (nSPS) is 28.2. The standard InChI is InChI=1S/C18H27NO/c1-2-20-17-13-16(18(17)11-7-4-8-12-18)19-14-15-9-5-3-6-10-15/h3,5-6,9-10,16-17,19H,2,4,7-8,11-14H2,1H3. The Hall–Kier alpha value is -0.860. The highest BCUT2D eigenvalue weighted by Crippen LogP contribution is 2.53. The fourth-order valence-electron chi connectivity index (χ4n) is 4.19. The first-order valence-corrected chi connectivity index (χ1v) is 8.24. The summed E-state index contributed by atoms with van der Waals surface area (Å²) in [6, 6.07) is 11.4. The molecular formula is C18H27NO. The average molecular weight is 273 g/mol. The molecule has 0 bridgehead atoms. The lowest BCUT2D eigenvalue weighted by Crippen LogP contribution is -2.64. The van der Waals surface area contributed by atoms with Crippen molar-refractivity contribution in [3.63, 3.8) is 0 Å². The van der Waals surface area contributed by atoms with Gasteiger partial charge in [0.2, 0.25) is 0 Å². The van der Waals surface area contributed by atoms with E-state index in [0.29, 0.717) is 17.6 Å². The van der Waals surface area contributed by atoms with Gasteiger partial charge >= 0.3 is 0 Å². The fourth-order valence-corrected chi connectivity index (χ4v) is 4.19. The molecule has 20 heavy (non-hydrogen) atoms. The second-order valence-corrected chi connectivity index (χ2v) is 6.39. The van der Waals surface area contributed by atoms with E-state index >= 15 is 0 Å². The molecule has 1 aromatic carbocycles. The molecule has 2 atom stereocenters. The summed E-state index contributed by atoms with van der Waals surface area (Å²) in [7, 11) is 0. The average Bonchev–Trinajstić information content (AvgIpc) is 2.52. The van der Waals surface area contributed by atoms with E-state index in [4.69, 9.17) is 4.74 Å². The molecule has 0 saturated heterocycles. The van der Waals surface area contributed by atoms with Crippen molar-refractivity contribution in [2.45, 2.75) is 64.1 Å². The van der Waals surface area contributed by atoms with E-state index in [2.05, 4.69) is 42.6 Å². The third-order valence-electron chi connectivity index (χ3n) is 5.33. The second-order valence-electron chi connectivity index (χ2n) is 6.39. The highest BCUT2D eigenvalue weighted by atomic mass is 16.5. The van der Waals surface area contributed by atoms with Crippen LogP contribution in [0.3, 0.4) is 0 Å². The lowest BCUT2D eigenvalue weighted by Gasteiger charge is -2.58. The Morgan fingerprint density at radius 3 is 2.60 bits per heavy atom. The van der Waals surface area contributed by atoms with E-state index in [1.807, 2.05) is 0 Å². The Bertz CT molecular complexity index is 411. The van der Waals surface area contributed by atoms with Gasteiger partial charge in [0.15, 0.2) is 0 Å². The van der Waals surface area contributed by atoms with E-state index in [9.17, 15) is 0 Å². The SMILES string of the molecule is CCOC1CC(NCc2ccccc2)C12CCCCC2. The van der Waals surface area contributed by atoms with Gasteiger partial charge in [-0.15, -0.1) is 0 Å². The predicted molar refractivity (Wildman–Crippen MR) is 82.6 cm³/mol. The third-order valence-corrected chi connectivity index (χ3v) is 5.33. The van der Waals surface area contributed by atoms with Gasteiger partial charge in [0.25, 0.3) is 0 Å². The van der Waals surface area contributed by atoms with Crippen LogP contribution in [0.5, 0.6) is 0 Å². The molecule has 1 spiro atoms. The lowest BCUT2D eigenvalue weighted by atomic mass is 9.55. The van der Waals surface area contributed by atoms with Crippen LogP contribution in [0.2, 0.25) is 0 Å². The van der Waals surface area contributed by atoms with Gasteiger partial charge in [-0.2, -0.15) is 0 Å². The molecule has 110 valence electrons. The first-order valence-electron chi connectivity index (χ1n) is 8.24. The van der Waals surface area contributed by atoms with E-state index in [1.165, 1.54) is 44.1 Å². The Balaban J connectivity index is 1.61. The fraction of sp³-hybridized carbons (Fsp3) is 0.667. The van der Waals surface area contributed by atoms with Gasteiger partial charge in [-0.25, -0.2) is 0 Å². The summed E-state index contributed by atoms with van der Waals surface area (Å²) in [6.45, 7) is 3.98. The third kappa shape index (κ3) is 2.64. The van der Waals surface area contributed by atoms with Crippen molar-refractivity contribution in [1.29, 1.82) is 0 Å². The van der Waals surface area contributed by atoms with Crippen LogP contribution in [-0.2, 0) is 11.3 Å². The molecule has 2 saturated carbocycles. The molecule has 1 N–H and O–H groups in total. The van der Waals surface area contributed by atoms with Gasteiger partial charge in [-0.3, -0.25) is 0 Å². The molecule has 0 heterocycles. The molecule has 2 aliphatic rings. The molecule has 2 aliphatic carbocycles. The van der Waals surface area contributed by atoms with Gasteiger partial charge < -0.3 is 10.1 Å². The second kappa shape index (κ2) is 6.28. The van der Waals surface area contributed by atoms with Crippen LogP contribution in [0.15, 0.2) is 30.3 Å². The van der Waals surface area contributed by atoms with Crippen LogP contribution >= 0.6 is 0 Å². The highest BCUT2D eigenvalue weighted by Gasteiger charge is 2.55. The minimum Gasteiger partial charge on any atom is -0.378 e. The van der Waals surface area contributed by atoms with Crippen molar-refractivity contribution in [2.75, 3.05) is 6.61 Å². The minimum atomic E-state index is 0.434. The zero-order chi connectivity index (χ0) is 13.8. The van der Waals surface area contributed by atoms with Gasteiger partial charge in [0.1, 0.15) is 0 Å². The number of rotatable bonds is 5. The molecule has 2 nitrogen and oxygen atoms in total. The maximum absolute atomic E-state index is 6.01. The summed E-state index contributed by atoms with van der Waals surface area (Å²) in [6.07, 6.45) is 8.57. The lowest BCUT2D eigenvalue weighted by molar-refractivity contribution is -0.150. The molecule has 2 heteroatoms. The summed E-state index contributed by atoms with van der Waals surface area (Å²) < 4.78 is 6.01. The van der Waals surface area contributed by atoms with Gasteiger partial charge in [-0.1, -0.05) is 49.6 Å². The largest absolute Gasteiger partial charge is 0.378 e. The molecule has 0 aromatic heterocycles. The summed E-state index contributed by atoms with van der Waals surface area (Å²) in [5.74, 6) is 0. The smallest absolute Gasteiger partial charge is 0.0661 e. The molecule has 0 radical (unpaired) electrons. The van der Waals surface area contributed by atoms with Gasteiger partial charge in [-0.05, 0) is 31.7 Å². The van der Waals surface area contributed by atoms with Gasteiger partial charge in [0.05, 0.1) is 6.10 Å². The minimum absolute atomic E-state index is 0.434. The monoisotopic (exact) mass is 273 g/mol. The maximum atomic E-state index is 6.01. The molecule has 1 aromatic rings. The maximum Gasteiger partial charge on any atom is 0.0661 e. The van der Waals surface area contributed by atoms with Crippen LogP contribution in [0.4, 0.5) is 0 Å². The molecule has 0 amide bonds. The van der Waals surface area contributed by atoms with Crippen molar-refractivity contribution >= 4 is 0 Å². The van der Waals surface area contributed by atoms with Crippen LogP contribution in [0.1, 0.15) is 51.0 Å². The summed E-state index contributed by atoms with van der Waals surface area (Å²) in [5, 5.41) is 3.80. The zero-order valence-electron chi connectivity index (χ0n) is 12.6. The van der Waals surface area contributed by atoms with Crippen molar-refractivity contribution in [1.82, 2.24) is 5.32 Å². The predicted octanol–water partition coefficient (Wildman–Crippen LogP) is 3.90. The first-order chi connectivity index (χ1) is 9.85. The quantitative estimate of drug-likeness (QED) is 0.878. The number of benzene rings is 1. The number of nitrogens with one attached hydrogen (secondary N) is 1. The van der Waals surface area contributed by atoms with Crippen LogP contribution in [0.25, 0.3) is 0 Å². The Morgan fingerprint density at radius 2 is 1.90 bits per heavy atom.